The van der Waals surface area contributed by atoms with Crippen molar-refractivity contribution in [2.75, 3.05) is 49.9 Å². The summed E-state index contributed by atoms with van der Waals surface area (Å²) in [4.78, 5) is 0. The van der Waals surface area contributed by atoms with Crippen molar-refractivity contribution in [2.45, 2.75) is 4.71 Å². The summed E-state index contributed by atoms with van der Waals surface area (Å²) in [6.07, 6.45) is 0. The summed E-state index contributed by atoms with van der Waals surface area (Å²) in [6.45, 7) is -0.912. The van der Waals surface area contributed by atoms with Gasteiger partial charge in [0.2, 0.25) is 0 Å². The third-order valence-electron chi connectivity index (χ3n) is 1.74. The number of hydrogen-bond donors (Lipinski definition) is 0. The average molecular weight is 527 g/mol. The van der Waals surface area contributed by atoms with Crippen molar-refractivity contribution >= 4 is 85.3 Å². The van der Waals surface area contributed by atoms with E-state index in [0.717, 1.165) is 0 Å². The van der Waals surface area contributed by atoms with E-state index in [2.05, 4.69) is 0 Å². The molecule has 0 N–H and O–H groups in total. The van der Waals surface area contributed by atoms with Crippen LogP contribution in [0.4, 0.5) is 0 Å². The lowest BCUT2D eigenvalue weighted by molar-refractivity contribution is -0.0306. The number of hydrogen-bond acceptors (Lipinski definition) is 8. The third kappa shape index (κ3) is 12.9. The summed E-state index contributed by atoms with van der Waals surface area (Å²) in [6, 6.07) is 0. The summed E-state index contributed by atoms with van der Waals surface area (Å²) < 4.78 is 51.0. The molecule has 16 heteroatoms. The van der Waals surface area contributed by atoms with Gasteiger partial charge in [0.25, 0.3) is 0 Å². The van der Waals surface area contributed by atoms with Crippen molar-refractivity contribution in [3.8, 4) is 0 Å². The molecule has 0 radical (unpaired) electrons. The Morgan fingerprint density at radius 1 is 0.600 bits per heavy atom. The maximum atomic E-state index is 12.4. The lowest BCUT2D eigenvalue weighted by atomic mass is 10.9. The highest BCUT2D eigenvalue weighted by Crippen LogP contribution is 2.61. The minimum atomic E-state index is -4.35. The van der Waals surface area contributed by atoms with Crippen LogP contribution in [0.3, 0.4) is 0 Å². The van der Waals surface area contributed by atoms with E-state index >= 15 is 0 Å². The summed E-state index contributed by atoms with van der Waals surface area (Å²) in [5.41, 5.74) is 0. The molecule has 8 nitrogen and oxygen atoms in total. The molecule has 0 atom stereocenters. The number of phosphoric ester groups is 2. The number of phosphoric acid groups is 2. The van der Waals surface area contributed by atoms with Crippen LogP contribution in [0, 0.1) is 0 Å². The zero-order valence-electron chi connectivity index (χ0n) is 12.6. The van der Waals surface area contributed by atoms with Gasteiger partial charge in [-0.25, -0.2) is 18.2 Å². The molecule has 0 bridgehead atoms. The highest BCUT2D eigenvalue weighted by atomic mass is 35.5. The number of rotatable bonds is 16. The third-order valence-corrected chi connectivity index (χ3v) is 6.06. The maximum absolute atomic E-state index is 12.4. The van der Waals surface area contributed by atoms with E-state index in [9.17, 15) is 9.13 Å². The highest BCUT2D eigenvalue weighted by molar-refractivity contribution is 7.49. The van der Waals surface area contributed by atoms with Gasteiger partial charge < -0.3 is 0 Å². The predicted molar refractivity (Wildman–Crippen MR) is 98.5 cm³/mol. The fraction of sp³-hybridized carbons (Fsp3) is 1.00. The molecule has 0 unspecified atom stereocenters. The fourth-order valence-corrected chi connectivity index (χ4v) is 5.07. The summed E-state index contributed by atoms with van der Waals surface area (Å²) in [7, 11) is -8.71. The summed E-state index contributed by atoms with van der Waals surface area (Å²) in [5, 5.41) is 0. The van der Waals surface area contributed by atoms with Gasteiger partial charge in [0.05, 0.1) is 26.4 Å². The molecule has 0 rings (SSSR count). The Hall–Kier alpha value is 1.96. The summed E-state index contributed by atoms with van der Waals surface area (Å²) >= 11 is 33.3. The molecular formula is C9H16Cl6O8P2. The molecule has 0 aliphatic carbocycles. The molecule has 0 fully saturated rings. The van der Waals surface area contributed by atoms with E-state index in [0.29, 0.717) is 0 Å². The van der Waals surface area contributed by atoms with Gasteiger partial charge in [-0.2, -0.15) is 0 Å². The van der Waals surface area contributed by atoms with Crippen LogP contribution in [0.25, 0.3) is 0 Å². The molecule has 0 saturated carbocycles. The van der Waals surface area contributed by atoms with Gasteiger partial charge in [-0.05, 0) is 23.2 Å². The Labute approximate surface area is 175 Å². The number of halogens is 6. The molecule has 0 aromatic heterocycles. The van der Waals surface area contributed by atoms with Gasteiger partial charge in [0.15, 0.2) is 0 Å². The van der Waals surface area contributed by atoms with Crippen LogP contribution in [-0.2, 0) is 36.3 Å². The Balaban J connectivity index is 5.11. The van der Waals surface area contributed by atoms with Crippen molar-refractivity contribution in [1.29, 1.82) is 0 Å². The summed E-state index contributed by atoms with van der Waals surface area (Å²) in [5.74, 6) is -0.142. The first-order chi connectivity index (χ1) is 11.7. The van der Waals surface area contributed by atoms with Crippen molar-refractivity contribution in [3.63, 3.8) is 0 Å². The largest absolute Gasteiger partial charge is 0.479 e. The van der Waals surface area contributed by atoms with Crippen LogP contribution in [0.1, 0.15) is 0 Å². The van der Waals surface area contributed by atoms with Crippen LogP contribution in [-0.4, -0.2) is 54.7 Å². The fourth-order valence-electron chi connectivity index (χ4n) is 1.04. The van der Waals surface area contributed by atoms with Gasteiger partial charge in [0.1, 0.15) is 0 Å². The molecule has 0 aliphatic rings. The van der Waals surface area contributed by atoms with E-state index in [-0.39, 0.29) is 49.9 Å². The van der Waals surface area contributed by atoms with E-state index in [1.165, 1.54) is 0 Å². The first-order valence-electron chi connectivity index (χ1n) is 6.47. The van der Waals surface area contributed by atoms with Crippen LogP contribution in [0.15, 0.2) is 0 Å². The maximum Gasteiger partial charge on any atom is 0.479 e. The zero-order valence-corrected chi connectivity index (χ0v) is 18.9. The molecule has 0 spiro atoms. The van der Waals surface area contributed by atoms with Gasteiger partial charge >= 0.3 is 20.4 Å². The molecule has 0 aromatic carbocycles. The van der Waals surface area contributed by atoms with E-state index < -0.39 is 20.4 Å². The topological polar surface area (TPSA) is 89.5 Å². The second-order valence-electron chi connectivity index (χ2n) is 3.63. The van der Waals surface area contributed by atoms with Crippen LogP contribution in [0.2, 0.25) is 0 Å². The predicted octanol–water partition coefficient (Wildman–Crippen LogP) is 5.35. The minimum absolute atomic E-state index is 0.0355. The van der Waals surface area contributed by atoms with Gasteiger partial charge in [0, 0.05) is 23.5 Å². The van der Waals surface area contributed by atoms with Crippen LogP contribution in [0.5, 0.6) is 0 Å². The Morgan fingerprint density at radius 2 is 0.840 bits per heavy atom. The minimum Gasteiger partial charge on any atom is -0.286 e. The van der Waals surface area contributed by atoms with Crippen molar-refractivity contribution in [2.24, 2.45) is 0 Å². The lowest BCUT2D eigenvalue weighted by Gasteiger charge is -2.27. The molecule has 0 amide bonds. The second-order valence-corrected chi connectivity index (χ2v) is 9.52. The number of alkyl halides is 6. The van der Waals surface area contributed by atoms with Gasteiger partial charge in [-0.15, -0.1) is 46.4 Å². The molecule has 152 valence electrons. The quantitative estimate of drug-likeness (QED) is 0.151. The van der Waals surface area contributed by atoms with Crippen molar-refractivity contribution < 1.29 is 36.3 Å². The molecule has 0 heterocycles. The monoisotopic (exact) mass is 524 g/mol. The smallest absolute Gasteiger partial charge is 0.286 e. The molecule has 0 aromatic rings. The molecule has 0 saturated heterocycles. The normalized spacial score (nSPS) is 13.4. The second kappa shape index (κ2) is 14.0. The SMILES string of the molecule is O=P(OCCCl)(OCCCl)OC(Cl)(Cl)OP(=O)(OCCCl)OCCCl. The zero-order chi connectivity index (χ0) is 19.4. The van der Waals surface area contributed by atoms with E-state index in [1.54, 1.807) is 0 Å². The van der Waals surface area contributed by atoms with Crippen molar-refractivity contribution in [1.82, 2.24) is 0 Å². The Kier molecular flexibility index (Phi) is 15.1. The average Bonchev–Trinajstić information content (AvgIpc) is 2.54. The Bertz CT molecular complexity index is 394. The Morgan fingerprint density at radius 3 is 1.04 bits per heavy atom. The molecule has 25 heavy (non-hydrogen) atoms. The highest BCUT2D eigenvalue weighted by Gasteiger charge is 2.46. The van der Waals surface area contributed by atoms with Crippen LogP contribution < -0.4 is 0 Å². The van der Waals surface area contributed by atoms with Gasteiger partial charge in [-0.3, -0.25) is 18.1 Å². The lowest BCUT2D eigenvalue weighted by Crippen LogP contribution is -2.23. The van der Waals surface area contributed by atoms with E-state index in [4.69, 9.17) is 96.7 Å². The van der Waals surface area contributed by atoms with E-state index in [1.807, 2.05) is 0 Å². The standard InChI is InChI=1S/C9H16Cl6O8P2/c10-1-5-18-24(16,19-6-2-11)22-9(14,15)23-25(17,20-7-3-12)21-8-4-13/h1-8H2. The van der Waals surface area contributed by atoms with Gasteiger partial charge in [-0.1, -0.05) is 0 Å². The van der Waals surface area contributed by atoms with Crippen molar-refractivity contribution in [3.05, 3.63) is 0 Å². The molecular weight excluding hydrogens is 511 g/mol. The first-order valence-corrected chi connectivity index (χ1v) is 12.3. The first kappa shape index (κ1) is 27.0. The van der Waals surface area contributed by atoms with Crippen LogP contribution >= 0.6 is 85.3 Å². The molecule has 0 aliphatic heterocycles.